The Labute approximate surface area is 71.9 Å². The molecule has 66 valence electrons. The molecule has 2 bridgehead atoms. The number of hydroxylamine groups is 2. The molecular weight excluding hydrogens is 154 g/mol. The second-order valence-corrected chi connectivity index (χ2v) is 3.25. The number of carbonyl (C=O) groups is 1. The number of nitrogens with zero attached hydrogens (tertiary/aromatic N) is 1. The highest BCUT2D eigenvalue weighted by Gasteiger charge is 2.33. The number of rotatable bonds is 1. The van der Waals surface area contributed by atoms with Crippen molar-refractivity contribution in [3.05, 3.63) is 12.2 Å². The van der Waals surface area contributed by atoms with E-state index in [9.17, 15) is 4.79 Å². The van der Waals surface area contributed by atoms with Gasteiger partial charge in [0.25, 0.3) is 0 Å². The van der Waals surface area contributed by atoms with Crippen LogP contribution < -0.4 is 0 Å². The minimum Gasteiger partial charge on any atom is -0.273 e. The first-order valence-electron chi connectivity index (χ1n) is 4.48. The Kier molecular flexibility index (Phi) is 1.89. The Hall–Kier alpha value is -0.830. The summed E-state index contributed by atoms with van der Waals surface area (Å²) in [6, 6.07) is 0.197. The molecule has 2 unspecified atom stereocenters. The Morgan fingerprint density at radius 1 is 1.58 bits per heavy atom. The molecule has 1 saturated heterocycles. The number of fused-ring (bicyclic) bond motifs is 2. The van der Waals surface area contributed by atoms with Crippen molar-refractivity contribution in [2.24, 2.45) is 0 Å². The maximum atomic E-state index is 11.3. The summed E-state index contributed by atoms with van der Waals surface area (Å²) >= 11 is 0. The summed E-state index contributed by atoms with van der Waals surface area (Å²) in [5.41, 5.74) is 0. The van der Waals surface area contributed by atoms with Crippen LogP contribution in [0.4, 0.5) is 0 Å². The summed E-state index contributed by atoms with van der Waals surface area (Å²) in [5, 5.41) is 1.54. The van der Waals surface area contributed by atoms with E-state index in [1.54, 1.807) is 0 Å². The van der Waals surface area contributed by atoms with Gasteiger partial charge in [-0.2, -0.15) is 0 Å². The molecule has 3 heteroatoms. The third-order valence-corrected chi connectivity index (χ3v) is 2.39. The maximum absolute atomic E-state index is 11.3. The van der Waals surface area contributed by atoms with Gasteiger partial charge >= 0.3 is 0 Å². The number of hydrogen-bond acceptors (Lipinski definition) is 2. The molecule has 1 fully saturated rings. The summed E-state index contributed by atoms with van der Waals surface area (Å²) in [6.07, 6.45) is 6.89. The molecule has 0 radical (unpaired) electrons. The molecule has 3 rings (SSSR count). The van der Waals surface area contributed by atoms with Gasteiger partial charge in [0, 0.05) is 6.42 Å². The van der Waals surface area contributed by atoms with E-state index in [-0.39, 0.29) is 18.1 Å². The van der Waals surface area contributed by atoms with Crippen molar-refractivity contribution in [1.82, 2.24) is 5.06 Å². The molecule has 2 atom stereocenters. The van der Waals surface area contributed by atoms with E-state index in [0.29, 0.717) is 6.42 Å². The molecule has 2 heterocycles. The molecule has 0 aromatic rings. The van der Waals surface area contributed by atoms with E-state index in [4.69, 9.17) is 4.84 Å². The van der Waals surface area contributed by atoms with E-state index >= 15 is 0 Å². The molecule has 3 nitrogen and oxygen atoms in total. The monoisotopic (exact) mass is 167 g/mol. The molecule has 0 spiro atoms. The molecule has 0 saturated carbocycles. The van der Waals surface area contributed by atoms with Gasteiger partial charge in [-0.25, -0.2) is 5.06 Å². The van der Waals surface area contributed by atoms with Crippen molar-refractivity contribution in [1.29, 1.82) is 0 Å². The van der Waals surface area contributed by atoms with Crippen molar-refractivity contribution < 1.29 is 9.63 Å². The van der Waals surface area contributed by atoms with E-state index in [0.717, 1.165) is 12.8 Å². The van der Waals surface area contributed by atoms with E-state index in [2.05, 4.69) is 6.08 Å². The zero-order valence-electron chi connectivity index (χ0n) is 7.19. The average Bonchev–Trinajstić information content (AvgIpc) is 2.18. The summed E-state index contributed by atoms with van der Waals surface area (Å²) in [4.78, 5) is 16.8. The van der Waals surface area contributed by atoms with Gasteiger partial charge in [0.15, 0.2) is 0 Å². The van der Waals surface area contributed by atoms with Gasteiger partial charge in [0.1, 0.15) is 6.10 Å². The molecular formula is C9H13NO2. The number of carbonyl (C=O) groups excluding carboxylic acids is 1. The van der Waals surface area contributed by atoms with Crippen LogP contribution in [0.2, 0.25) is 0 Å². The number of hydrogen-bond donors (Lipinski definition) is 0. The Balaban J connectivity index is 2.11. The van der Waals surface area contributed by atoms with Crippen LogP contribution in [0.25, 0.3) is 0 Å². The minimum atomic E-state index is 0.0917. The van der Waals surface area contributed by atoms with Crippen LogP contribution in [0.3, 0.4) is 0 Å². The molecule has 0 N–H and O–H groups in total. The predicted molar refractivity (Wildman–Crippen MR) is 44.2 cm³/mol. The molecule has 1 aliphatic carbocycles. The lowest BCUT2D eigenvalue weighted by atomic mass is 9.98. The summed E-state index contributed by atoms with van der Waals surface area (Å²) in [7, 11) is 0. The summed E-state index contributed by atoms with van der Waals surface area (Å²) in [6.45, 7) is 1.86. The van der Waals surface area contributed by atoms with Gasteiger partial charge < -0.3 is 0 Å². The Bertz CT molecular complexity index is 225. The van der Waals surface area contributed by atoms with Crippen LogP contribution in [0.5, 0.6) is 0 Å². The highest BCUT2D eigenvalue weighted by molar-refractivity contribution is 5.75. The largest absolute Gasteiger partial charge is 0.273 e. The van der Waals surface area contributed by atoms with Gasteiger partial charge in [-0.3, -0.25) is 9.63 Å². The molecule has 1 amide bonds. The van der Waals surface area contributed by atoms with Crippen molar-refractivity contribution in [3.63, 3.8) is 0 Å². The first kappa shape index (κ1) is 7.80. The second kappa shape index (κ2) is 2.90. The smallest absolute Gasteiger partial charge is 0.246 e. The van der Waals surface area contributed by atoms with Gasteiger partial charge in [0.05, 0.1) is 6.04 Å². The summed E-state index contributed by atoms with van der Waals surface area (Å²) < 4.78 is 0. The standard InChI is InChI=1S/C9H13NO2/c1-2-9(11)10-7-3-5-8(12-10)6-4-7/h3,5,7-8H,2,4,6H2,1H3. The van der Waals surface area contributed by atoms with E-state index in [1.807, 2.05) is 13.0 Å². The molecule has 0 aromatic carbocycles. The van der Waals surface area contributed by atoms with E-state index in [1.165, 1.54) is 5.06 Å². The second-order valence-electron chi connectivity index (χ2n) is 3.25. The lowest BCUT2D eigenvalue weighted by Crippen LogP contribution is -2.48. The van der Waals surface area contributed by atoms with Gasteiger partial charge in [-0.15, -0.1) is 0 Å². The van der Waals surface area contributed by atoms with Crippen LogP contribution in [0.15, 0.2) is 12.2 Å². The van der Waals surface area contributed by atoms with Gasteiger partial charge in [-0.1, -0.05) is 19.1 Å². The van der Waals surface area contributed by atoms with Crippen molar-refractivity contribution in [2.75, 3.05) is 0 Å². The first-order chi connectivity index (χ1) is 5.81. The Morgan fingerprint density at radius 2 is 2.42 bits per heavy atom. The SMILES string of the molecule is CCC(=O)N1OC2C=CC1CC2. The average molecular weight is 167 g/mol. The van der Waals surface area contributed by atoms with Crippen LogP contribution in [0, 0.1) is 0 Å². The maximum Gasteiger partial charge on any atom is 0.246 e. The van der Waals surface area contributed by atoms with Crippen LogP contribution in [-0.2, 0) is 9.63 Å². The van der Waals surface area contributed by atoms with Crippen molar-refractivity contribution >= 4 is 5.91 Å². The summed E-state index contributed by atoms with van der Waals surface area (Å²) in [5.74, 6) is 0.0917. The van der Waals surface area contributed by atoms with Crippen LogP contribution in [-0.4, -0.2) is 23.1 Å². The zero-order valence-corrected chi connectivity index (χ0v) is 7.19. The topological polar surface area (TPSA) is 29.5 Å². The fourth-order valence-electron chi connectivity index (χ4n) is 1.69. The molecule has 0 aromatic heterocycles. The lowest BCUT2D eigenvalue weighted by Gasteiger charge is -2.40. The fourth-order valence-corrected chi connectivity index (χ4v) is 1.69. The normalized spacial score (nSPS) is 32.6. The van der Waals surface area contributed by atoms with Crippen molar-refractivity contribution in [2.45, 2.75) is 38.3 Å². The van der Waals surface area contributed by atoms with Gasteiger partial charge in [0.2, 0.25) is 5.91 Å². The molecule has 3 aliphatic rings. The van der Waals surface area contributed by atoms with Crippen LogP contribution >= 0.6 is 0 Å². The third kappa shape index (κ3) is 1.14. The quantitative estimate of drug-likeness (QED) is 0.550. The zero-order chi connectivity index (χ0) is 8.55. The molecule has 2 aliphatic heterocycles. The Morgan fingerprint density at radius 3 is 2.83 bits per heavy atom. The number of amides is 1. The van der Waals surface area contributed by atoms with Gasteiger partial charge in [-0.05, 0) is 12.8 Å². The highest BCUT2D eigenvalue weighted by Crippen LogP contribution is 2.27. The fraction of sp³-hybridized carbons (Fsp3) is 0.667. The van der Waals surface area contributed by atoms with Crippen LogP contribution in [0.1, 0.15) is 26.2 Å². The highest BCUT2D eigenvalue weighted by atomic mass is 16.7. The lowest BCUT2D eigenvalue weighted by molar-refractivity contribution is -0.230. The third-order valence-electron chi connectivity index (χ3n) is 2.39. The van der Waals surface area contributed by atoms with E-state index < -0.39 is 0 Å². The molecule has 12 heavy (non-hydrogen) atoms. The predicted octanol–water partition coefficient (Wildman–Crippen LogP) is 1.26. The minimum absolute atomic E-state index is 0.0917. The van der Waals surface area contributed by atoms with Crippen molar-refractivity contribution in [3.8, 4) is 0 Å². The first-order valence-corrected chi connectivity index (χ1v) is 4.48.